The molecular formula is C20H25N3. The Bertz CT molecular complexity index is 691. The number of para-hydroxylation sites is 2. The summed E-state index contributed by atoms with van der Waals surface area (Å²) in [5.74, 6) is 0. The normalized spacial score (nSPS) is 21.6. The van der Waals surface area contributed by atoms with Gasteiger partial charge in [0.05, 0.1) is 23.3 Å². The Morgan fingerprint density at radius 1 is 0.957 bits per heavy atom. The van der Waals surface area contributed by atoms with Gasteiger partial charge >= 0.3 is 0 Å². The van der Waals surface area contributed by atoms with Gasteiger partial charge in [-0.25, -0.2) is 0 Å². The van der Waals surface area contributed by atoms with Gasteiger partial charge in [0.15, 0.2) is 0 Å². The molecule has 0 unspecified atom stereocenters. The first-order chi connectivity index (χ1) is 11.3. The fourth-order valence-electron chi connectivity index (χ4n) is 4.31. The number of aryl methyl sites for hydroxylation is 1. The highest BCUT2D eigenvalue weighted by atomic mass is 15.4. The van der Waals surface area contributed by atoms with E-state index in [2.05, 4.69) is 59.0 Å². The summed E-state index contributed by atoms with van der Waals surface area (Å²) in [6, 6.07) is 11.6. The van der Waals surface area contributed by atoms with Crippen LogP contribution < -0.4 is 9.80 Å². The summed E-state index contributed by atoms with van der Waals surface area (Å²) >= 11 is 0. The van der Waals surface area contributed by atoms with Crippen LogP contribution in [-0.2, 0) is 0 Å². The summed E-state index contributed by atoms with van der Waals surface area (Å²) in [6.45, 7) is 4.51. The molecule has 4 rings (SSSR count). The van der Waals surface area contributed by atoms with Crippen LogP contribution in [0.1, 0.15) is 44.6 Å². The molecule has 0 bridgehead atoms. The summed E-state index contributed by atoms with van der Waals surface area (Å²) in [6.07, 6.45) is 11.0. The molecule has 3 heteroatoms. The highest BCUT2D eigenvalue weighted by Gasteiger charge is 2.38. The molecule has 1 aliphatic carbocycles. The van der Waals surface area contributed by atoms with E-state index in [0.29, 0.717) is 12.2 Å². The zero-order valence-electron chi connectivity index (χ0n) is 14.1. The number of hydrogen-bond acceptors (Lipinski definition) is 3. The van der Waals surface area contributed by atoms with E-state index < -0.39 is 0 Å². The molecule has 2 heterocycles. The first-order valence-electron chi connectivity index (χ1n) is 8.84. The smallest absolute Gasteiger partial charge is 0.104 e. The molecule has 0 saturated heterocycles. The van der Waals surface area contributed by atoms with Crippen LogP contribution in [-0.4, -0.2) is 17.2 Å². The van der Waals surface area contributed by atoms with E-state index in [-0.39, 0.29) is 0 Å². The van der Waals surface area contributed by atoms with Crippen molar-refractivity contribution >= 4 is 17.1 Å². The molecule has 3 nitrogen and oxygen atoms in total. The highest BCUT2D eigenvalue weighted by molar-refractivity contribution is 5.84. The molecule has 0 radical (unpaired) electrons. The van der Waals surface area contributed by atoms with Crippen molar-refractivity contribution in [1.29, 1.82) is 0 Å². The van der Waals surface area contributed by atoms with Crippen molar-refractivity contribution in [3.8, 4) is 0 Å². The van der Waals surface area contributed by atoms with Crippen LogP contribution in [0.25, 0.3) is 0 Å². The summed E-state index contributed by atoms with van der Waals surface area (Å²) in [5, 5.41) is 0. The van der Waals surface area contributed by atoms with E-state index in [9.17, 15) is 0 Å². The van der Waals surface area contributed by atoms with E-state index in [1.165, 1.54) is 54.7 Å². The van der Waals surface area contributed by atoms with E-state index in [1.54, 1.807) is 0 Å². The van der Waals surface area contributed by atoms with Crippen LogP contribution in [0.3, 0.4) is 0 Å². The maximum atomic E-state index is 4.37. The molecule has 2 aliphatic rings. The van der Waals surface area contributed by atoms with E-state index >= 15 is 0 Å². The predicted octanol–water partition coefficient (Wildman–Crippen LogP) is 5.03. The lowest BCUT2D eigenvalue weighted by atomic mass is 9.94. The minimum Gasteiger partial charge on any atom is -0.346 e. The van der Waals surface area contributed by atoms with Crippen LogP contribution in [0.15, 0.2) is 42.7 Å². The van der Waals surface area contributed by atoms with Gasteiger partial charge in [0.25, 0.3) is 0 Å². The number of aromatic nitrogens is 1. The van der Waals surface area contributed by atoms with Crippen LogP contribution in [0.2, 0.25) is 0 Å². The number of hydrogen-bond donors (Lipinski definition) is 0. The van der Waals surface area contributed by atoms with E-state index in [1.807, 2.05) is 12.4 Å². The van der Waals surface area contributed by atoms with Crippen molar-refractivity contribution in [2.75, 3.05) is 9.80 Å². The molecule has 0 spiro atoms. The quantitative estimate of drug-likeness (QED) is 0.776. The monoisotopic (exact) mass is 307 g/mol. The zero-order valence-corrected chi connectivity index (χ0v) is 14.1. The summed E-state index contributed by atoms with van der Waals surface area (Å²) in [7, 11) is 0. The third-order valence-electron chi connectivity index (χ3n) is 5.43. The fraction of sp³-hybridized carbons (Fsp3) is 0.450. The first kappa shape index (κ1) is 14.6. The Balaban J connectivity index is 1.78. The predicted molar refractivity (Wildman–Crippen MR) is 96.4 cm³/mol. The topological polar surface area (TPSA) is 19.4 Å². The van der Waals surface area contributed by atoms with Gasteiger partial charge in [0.1, 0.15) is 6.17 Å². The van der Waals surface area contributed by atoms with Crippen LogP contribution in [0, 0.1) is 6.92 Å². The molecule has 1 aliphatic heterocycles. The molecule has 1 aromatic heterocycles. The Morgan fingerprint density at radius 2 is 1.70 bits per heavy atom. The number of rotatable bonds is 2. The summed E-state index contributed by atoms with van der Waals surface area (Å²) < 4.78 is 0. The molecule has 120 valence electrons. The van der Waals surface area contributed by atoms with Crippen molar-refractivity contribution in [3.63, 3.8) is 0 Å². The largest absolute Gasteiger partial charge is 0.346 e. The Labute approximate surface area is 139 Å². The van der Waals surface area contributed by atoms with Crippen molar-refractivity contribution in [1.82, 2.24) is 4.98 Å². The average Bonchev–Trinajstić information content (AvgIpc) is 2.88. The van der Waals surface area contributed by atoms with Gasteiger partial charge in [0.2, 0.25) is 0 Å². The van der Waals surface area contributed by atoms with Gasteiger partial charge < -0.3 is 9.80 Å². The molecule has 0 amide bonds. The molecule has 23 heavy (non-hydrogen) atoms. The Hall–Kier alpha value is -2.03. The third-order valence-corrected chi connectivity index (χ3v) is 5.43. The molecule has 2 aromatic rings. The second-order valence-electron chi connectivity index (χ2n) is 6.85. The Kier molecular flexibility index (Phi) is 3.72. The molecule has 1 saturated carbocycles. The Morgan fingerprint density at radius 3 is 2.43 bits per heavy atom. The summed E-state index contributed by atoms with van der Waals surface area (Å²) in [4.78, 5) is 9.49. The first-order valence-corrected chi connectivity index (χ1v) is 8.84. The molecule has 1 aromatic carbocycles. The highest BCUT2D eigenvalue weighted by Crippen LogP contribution is 2.46. The number of benzene rings is 1. The third kappa shape index (κ3) is 2.39. The van der Waals surface area contributed by atoms with Gasteiger partial charge in [-0.05, 0) is 50.5 Å². The van der Waals surface area contributed by atoms with Crippen LogP contribution in [0.4, 0.5) is 17.1 Å². The minimum atomic E-state index is 0.346. The van der Waals surface area contributed by atoms with Crippen molar-refractivity contribution in [2.24, 2.45) is 0 Å². The number of anilines is 3. The molecule has 1 atom stereocenters. The van der Waals surface area contributed by atoms with Gasteiger partial charge in [-0.3, -0.25) is 4.98 Å². The average molecular weight is 307 g/mol. The molecular weight excluding hydrogens is 282 g/mol. The lowest BCUT2D eigenvalue weighted by Crippen LogP contribution is -2.45. The van der Waals surface area contributed by atoms with E-state index in [4.69, 9.17) is 0 Å². The maximum Gasteiger partial charge on any atom is 0.104 e. The van der Waals surface area contributed by atoms with Crippen molar-refractivity contribution in [3.05, 3.63) is 48.3 Å². The summed E-state index contributed by atoms with van der Waals surface area (Å²) in [5.41, 5.74) is 5.22. The SMILES string of the molecule is Cc1ccncc1N1c2ccccc2N(C2CCCCC2)[C@H]1C. The second kappa shape index (κ2) is 5.88. The lowest BCUT2D eigenvalue weighted by molar-refractivity contribution is 0.400. The minimum absolute atomic E-state index is 0.346. The van der Waals surface area contributed by atoms with Crippen LogP contribution >= 0.6 is 0 Å². The number of fused-ring (bicyclic) bond motifs is 1. The molecule has 0 N–H and O–H groups in total. The second-order valence-corrected chi connectivity index (χ2v) is 6.85. The standard InChI is InChI=1S/C20H25N3/c1-15-12-13-21-14-20(15)23-16(2)22(17-8-4-3-5-9-17)18-10-6-7-11-19(18)23/h6-7,10-14,16-17H,3-5,8-9H2,1-2H3/t16-/m1/s1. The van der Waals surface area contributed by atoms with Crippen molar-refractivity contribution in [2.45, 2.75) is 58.2 Å². The number of nitrogens with zero attached hydrogens (tertiary/aromatic N) is 3. The fourth-order valence-corrected chi connectivity index (χ4v) is 4.31. The maximum absolute atomic E-state index is 4.37. The lowest BCUT2D eigenvalue weighted by Gasteiger charge is -2.38. The van der Waals surface area contributed by atoms with Gasteiger partial charge in [-0.2, -0.15) is 0 Å². The van der Waals surface area contributed by atoms with Gasteiger partial charge in [-0.1, -0.05) is 31.4 Å². The van der Waals surface area contributed by atoms with Crippen molar-refractivity contribution < 1.29 is 0 Å². The number of pyridine rings is 1. The zero-order chi connectivity index (χ0) is 15.8. The van der Waals surface area contributed by atoms with Crippen LogP contribution in [0.5, 0.6) is 0 Å². The van der Waals surface area contributed by atoms with Gasteiger partial charge in [0, 0.05) is 12.2 Å². The van der Waals surface area contributed by atoms with Gasteiger partial charge in [-0.15, -0.1) is 0 Å². The van der Waals surface area contributed by atoms with E-state index in [0.717, 1.165) is 0 Å². The molecule has 1 fully saturated rings.